The normalized spacial score (nSPS) is 15.8. The Balaban J connectivity index is 1.25. The summed E-state index contributed by atoms with van der Waals surface area (Å²) in [4.78, 5) is 49.4. The second kappa shape index (κ2) is 11.8. The predicted molar refractivity (Wildman–Crippen MR) is 155 cm³/mol. The fourth-order valence-corrected chi connectivity index (χ4v) is 5.16. The molecule has 0 aromatic heterocycles. The van der Waals surface area contributed by atoms with E-state index in [1.54, 1.807) is 12.1 Å². The first-order valence-electron chi connectivity index (χ1n) is 12.9. The van der Waals surface area contributed by atoms with Gasteiger partial charge in [-0.25, -0.2) is 14.3 Å². The van der Waals surface area contributed by atoms with E-state index in [2.05, 4.69) is 34.5 Å². The second-order valence-corrected chi connectivity index (χ2v) is 10.7. The van der Waals surface area contributed by atoms with Crippen molar-refractivity contribution in [2.45, 2.75) is 38.8 Å². The zero-order chi connectivity index (χ0) is 28.2. The molecule has 3 aromatic rings. The molecule has 0 fully saturated rings. The van der Waals surface area contributed by atoms with E-state index < -0.39 is 6.04 Å². The molecule has 0 saturated carbocycles. The monoisotopic (exact) mass is 557 g/mol. The molecule has 2 N–H and O–H groups in total. The number of rotatable bonds is 8. The number of para-hydroxylation sites is 1. The summed E-state index contributed by atoms with van der Waals surface area (Å²) in [6.45, 7) is 4.42. The third kappa shape index (κ3) is 6.12. The summed E-state index contributed by atoms with van der Waals surface area (Å²) in [6.07, 6.45) is -0.146. The van der Waals surface area contributed by atoms with Gasteiger partial charge in [0.05, 0.1) is 17.9 Å². The fourth-order valence-electron chi connectivity index (χ4n) is 4.36. The van der Waals surface area contributed by atoms with Crippen molar-refractivity contribution in [3.05, 3.63) is 95.3 Å². The maximum Gasteiger partial charge on any atom is 0.259 e. The van der Waals surface area contributed by atoms with Crippen LogP contribution in [0.5, 0.6) is 0 Å². The van der Waals surface area contributed by atoms with Crippen LogP contribution < -0.4 is 10.6 Å². The van der Waals surface area contributed by atoms with Crippen LogP contribution in [-0.2, 0) is 20.9 Å². The number of anilines is 1. The Morgan fingerprint density at radius 2 is 1.73 bits per heavy atom. The van der Waals surface area contributed by atoms with E-state index in [4.69, 9.17) is 0 Å². The number of benzene rings is 3. The number of halogens is 1. The van der Waals surface area contributed by atoms with Gasteiger partial charge in [-0.1, -0.05) is 62.0 Å². The van der Waals surface area contributed by atoms with Crippen LogP contribution in [-0.4, -0.2) is 45.4 Å². The van der Waals surface area contributed by atoms with Gasteiger partial charge in [-0.15, -0.1) is 0 Å². The lowest BCUT2D eigenvalue weighted by Crippen LogP contribution is -2.42. The zero-order valence-electron chi connectivity index (χ0n) is 22.1. The number of nitrogens with one attached hydrogen (secondary N) is 2. The van der Waals surface area contributed by atoms with E-state index in [1.165, 1.54) is 22.6 Å². The Hall–Kier alpha value is -4.31. The van der Waals surface area contributed by atoms with E-state index in [0.717, 1.165) is 17.3 Å². The summed E-state index contributed by atoms with van der Waals surface area (Å²) in [5.41, 5.74) is 3.94. The quantitative estimate of drug-likeness (QED) is 0.408. The molecular weight excluding hydrogens is 529 g/mol. The molecule has 5 rings (SSSR count). The third-order valence-electron chi connectivity index (χ3n) is 6.52. The zero-order valence-corrected chi connectivity index (χ0v) is 22.9. The minimum absolute atomic E-state index is 0.0345. The molecule has 2 aliphatic heterocycles. The number of nitrogens with zero attached hydrogens (tertiary/aromatic N) is 3. The summed E-state index contributed by atoms with van der Waals surface area (Å²) < 4.78 is 13.1. The van der Waals surface area contributed by atoms with Gasteiger partial charge < -0.3 is 10.6 Å². The molecular formula is C30H28FN5O3S. The average Bonchev–Trinajstić information content (AvgIpc) is 3.27. The Kier molecular flexibility index (Phi) is 8.06. The number of hydrogen-bond acceptors (Lipinski definition) is 6. The average molecular weight is 558 g/mol. The van der Waals surface area contributed by atoms with Crippen molar-refractivity contribution >= 4 is 51.9 Å². The lowest BCUT2D eigenvalue weighted by atomic mass is 10.0. The summed E-state index contributed by atoms with van der Waals surface area (Å²) in [5, 5.41) is 5.98. The highest BCUT2D eigenvalue weighted by Gasteiger charge is 2.42. The molecule has 0 spiro atoms. The summed E-state index contributed by atoms with van der Waals surface area (Å²) in [5.74, 6) is -0.470. The first-order chi connectivity index (χ1) is 19.3. The van der Waals surface area contributed by atoms with Crippen molar-refractivity contribution < 1.29 is 18.8 Å². The Bertz CT molecular complexity index is 1500. The minimum atomic E-state index is -0.923. The maximum atomic E-state index is 13.4. The molecule has 1 atom stereocenters. The smallest absolute Gasteiger partial charge is 0.259 e. The molecule has 2 aliphatic rings. The highest BCUT2D eigenvalue weighted by molar-refractivity contribution is 8.14. The van der Waals surface area contributed by atoms with Crippen LogP contribution >= 0.6 is 11.8 Å². The number of fused-ring (bicyclic) bond motifs is 3. The molecule has 0 radical (unpaired) electrons. The van der Waals surface area contributed by atoms with Crippen LogP contribution in [0.3, 0.4) is 0 Å². The Labute approximate surface area is 235 Å². The standard InChI is InChI=1S/C30H28FN5O3S/c1-18(2)20-9-13-22(14-10-20)33-27(38)17-40-30-35-24-6-4-3-5-23(24)28-34-25(29(39)36(28)30)15-26(37)32-16-19-7-11-21(31)12-8-19/h3-14,18,25H,15-17H2,1-2H3,(H,32,37)(H,33,38)/t25-/m0/s1. The van der Waals surface area contributed by atoms with Gasteiger partial charge in [0.2, 0.25) is 11.8 Å². The lowest BCUT2D eigenvalue weighted by Gasteiger charge is -2.25. The van der Waals surface area contributed by atoms with Gasteiger partial charge in [-0.3, -0.25) is 19.4 Å². The summed E-state index contributed by atoms with van der Waals surface area (Å²) in [7, 11) is 0. The van der Waals surface area contributed by atoms with Gasteiger partial charge in [0, 0.05) is 17.8 Å². The van der Waals surface area contributed by atoms with Crippen LogP contribution in [0.25, 0.3) is 0 Å². The molecule has 3 aromatic carbocycles. The number of aliphatic imine (C=N–C) groups is 2. The molecule has 0 bridgehead atoms. The number of carbonyl (C=O) groups excluding carboxylic acids is 3. The maximum absolute atomic E-state index is 13.4. The van der Waals surface area contributed by atoms with E-state index in [0.29, 0.717) is 33.9 Å². The van der Waals surface area contributed by atoms with Crippen LogP contribution in [0.1, 0.15) is 42.9 Å². The van der Waals surface area contributed by atoms with Crippen LogP contribution in [0.4, 0.5) is 15.8 Å². The minimum Gasteiger partial charge on any atom is -0.352 e. The summed E-state index contributed by atoms with van der Waals surface area (Å²) in [6, 6.07) is 19.9. The van der Waals surface area contributed by atoms with Gasteiger partial charge in [-0.2, -0.15) is 0 Å². The molecule has 10 heteroatoms. The number of thioether (sulfide) groups is 1. The molecule has 204 valence electrons. The van der Waals surface area contributed by atoms with Crippen LogP contribution in [0, 0.1) is 5.82 Å². The molecule has 0 aliphatic carbocycles. The van der Waals surface area contributed by atoms with Crippen molar-refractivity contribution in [2.24, 2.45) is 9.98 Å². The molecule has 40 heavy (non-hydrogen) atoms. The van der Waals surface area contributed by atoms with Crippen molar-refractivity contribution in [1.29, 1.82) is 0 Å². The van der Waals surface area contributed by atoms with Gasteiger partial charge in [0.1, 0.15) is 17.7 Å². The molecule has 0 unspecified atom stereocenters. The predicted octanol–water partition coefficient (Wildman–Crippen LogP) is 4.99. The lowest BCUT2D eigenvalue weighted by molar-refractivity contribution is -0.128. The van der Waals surface area contributed by atoms with Crippen molar-refractivity contribution in [3.63, 3.8) is 0 Å². The highest BCUT2D eigenvalue weighted by Crippen LogP contribution is 2.34. The third-order valence-corrected chi connectivity index (χ3v) is 7.46. The highest BCUT2D eigenvalue weighted by atomic mass is 32.2. The van der Waals surface area contributed by atoms with Gasteiger partial charge >= 0.3 is 0 Å². The van der Waals surface area contributed by atoms with Gasteiger partial charge in [0.25, 0.3) is 5.91 Å². The van der Waals surface area contributed by atoms with E-state index in [1.807, 2.05) is 48.5 Å². The molecule has 3 amide bonds. The topological polar surface area (TPSA) is 103 Å². The van der Waals surface area contributed by atoms with E-state index in [-0.39, 0.29) is 42.3 Å². The first kappa shape index (κ1) is 27.3. The number of carbonyl (C=O) groups is 3. The number of amidine groups is 2. The Morgan fingerprint density at radius 1 is 1.00 bits per heavy atom. The molecule has 2 heterocycles. The SMILES string of the molecule is CC(C)c1ccc(NC(=O)CSC2=Nc3ccccc3C3=N[C@@H](CC(=O)NCc4ccc(F)cc4)C(=O)N23)cc1. The summed E-state index contributed by atoms with van der Waals surface area (Å²) >= 11 is 1.14. The second-order valence-electron chi connectivity index (χ2n) is 9.77. The van der Waals surface area contributed by atoms with Crippen LogP contribution in [0.2, 0.25) is 0 Å². The molecule has 8 nitrogen and oxygen atoms in total. The van der Waals surface area contributed by atoms with Gasteiger partial charge in [-0.05, 0) is 53.4 Å². The van der Waals surface area contributed by atoms with E-state index >= 15 is 0 Å². The van der Waals surface area contributed by atoms with E-state index in [9.17, 15) is 18.8 Å². The van der Waals surface area contributed by atoms with Crippen molar-refractivity contribution in [3.8, 4) is 0 Å². The van der Waals surface area contributed by atoms with Gasteiger partial charge in [0.15, 0.2) is 5.17 Å². The fraction of sp³-hybridized carbons (Fsp3) is 0.233. The molecule has 0 saturated heterocycles. The number of amides is 3. The van der Waals surface area contributed by atoms with Crippen molar-refractivity contribution in [1.82, 2.24) is 10.2 Å². The largest absolute Gasteiger partial charge is 0.352 e. The first-order valence-corrected chi connectivity index (χ1v) is 13.9. The van der Waals surface area contributed by atoms with Crippen molar-refractivity contribution in [2.75, 3.05) is 11.1 Å². The van der Waals surface area contributed by atoms with Crippen LogP contribution in [0.15, 0.2) is 82.8 Å². The number of hydrogen-bond donors (Lipinski definition) is 2. The Morgan fingerprint density at radius 3 is 2.45 bits per heavy atom.